The Kier molecular flexibility index (Phi) is 4.29. The lowest BCUT2D eigenvalue weighted by atomic mass is 10.0. The molecule has 1 aliphatic rings. The Morgan fingerprint density at radius 3 is 2.66 bits per heavy atom. The predicted octanol–water partition coefficient (Wildman–Crippen LogP) is 3.30. The molecule has 1 fully saturated rings. The molecule has 1 amide bonds. The van der Waals surface area contributed by atoms with Crippen LogP contribution in [0, 0.1) is 18.8 Å². The van der Waals surface area contributed by atoms with E-state index in [4.69, 9.17) is 11.5 Å². The molecular weight excluding hydrogens is 385 g/mol. The number of fused-ring (bicyclic) bond motifs is 1. The van der Waals surface area contributed by atoms with E-state index in [1.807, 2.05) is 6.92 Å². The summed E-state index contributed by atoms with van der Waals surface area (Å²) < 4.78 is 38.0. The summed E-state index contributed by atoms with van der Waals surface area (Å²) >= 11 is 0. The van der Waals surface area contributed by atoms with Crippen molar-refractivity contribution in [2.45, 2.75) is 19.5 Å². The normalized spacial score (nSPS) is 18.6. The summed E-state index contributed by atoms with van der Waals surface area (Å²) in [7, 11) is 0. The van der Waals surface area contributed by atoms with Crippen molar-refractivity contribution in [3.8, 4) is 11.3 Å². The average Bonchev–Trinajstić information content (AvgIpc) is 3.45. The monoisotopic (exact) mass is 402 g/mol. The lowest BCUT2D eigenvalue weighted by molar-refractivity contribution is -0.153. The molecule has 0 radical (unpaired) electrons. The van der Waals surface area contributed by atoms with E-state index >= 15 is 0 Å². The number of nitrogen functional groups attached to an aromatic ring is 2. The maximum atomic E-state index is 12.7. The number of rotatable bonds is 3. The van der Waals surface area contributed by atoms with E-state index in [0.29, 0.717) is 27.7 Å². The van der Waals surface area contributed by atoms with Crippen molar-refractivity contribution < 1.29 is 18.0 Å². The Morgan fingerprint density at radius 2 is 1.97 bits per heavy atom. The fourth-order valence-corrected chi connectivity index (χ4v) is 3.25. The number of carbonyl (C=O) groups is 1. The molecule has 0 aromatic carbocycles. The molecule has 0 saturated heterocycles. The van der Waals surface area contributed by atoms with E-state index in [0.717, 1.165) is 5.56 Å². The number of halogens is 3. The topological polar surface area (TPSA) is 120 Å². The molecule has 10 heteroatoms. The zero-order valence-electron chi connectivity index (χ0n) is 15.3. The molecule has 3 heterocycles. The summed E-state index contributed by atoms with van der Waals surface area (Å²) in [5.41, 5.74) is 14.5. The van der Waals surface area contributed by atoms with Gasteiger partial charge in [0.05, 0.1) is 29.4 Å². The van der Waals surface area contributed by atoms with Gasteiger partial charge in [-0.3, -0.25) is 9.78 Å². The number of nitrogens with zero attached hydrogens (tertiary/aromatic N) is 3. The van der Waals surface area contributed by atoms with Gasteiger partial charge in [0, 0.05) is 23.3 Å². The number of nitrogens with one attached hydrogen (secondary N) is 1. The van der Waals surface area contributed by atoms with Gasteiger partial charge in [-0.05, 0) is 36.4 Å². The van der Waals surface area contributed by atoms with E-state index in [-0.39, 0.29) is 18.1 Å². The molecular formula is C19H17F3N6O. The quantitative estimate of drug-likeness (QED) is 0.618. The summed E-state index contributed by atoms with van der Waals surface area (Å²) in [6.07, 6.45) is 0.0129. The Balaban J connectivity index is 1.65. The second kappa shape index (κ2) is 6.57. The summed E-state index contributed by atoms with van der Waals surface area (Å²) in [6, 6.07) is 3.29. The Labute approximate surface area is 163 Å². The molecule has 1 saturated carbocycles. The van der Waals surface area contributed by atoms with Gasteiger partial charge in [0.1, 0.15) is 11.6 Å². The highest BCUT2D eigenvalue weighted by Crippen LogP contribution is 2.50. The maximum absolute atomic E-state index is 12.7. The molecule has 0 aliphatic heterocycles. The third kappa shape index (κ3) is 3.53. The molecule has 1 aliphatic carbocycles. The van der Waals surface area contributed by atoms with Crippen LogP contribution in [0.4, 0.5) is 30.5 Å². The van der Waals surface area contributed by atoms with Crippen LogP contribution in [0.1, 0.15) is 12.0 Å². The molecule has 7 nitrogen and oxygen atoms in total. The Hall–Kier alpha value is -3.43. The number of amides is 1. The van der Waals surface area contributed by atoms with Crippen LogP contribution in [0.25, 0.3) is 22.0 Å². The van der Waals surface area contributed by atoms with Crippen molar-refractivity contribution in [1.29, 1.82) is 0 Å². The minimum Gasteiger partial charge on any atom is -0.397 e. The molecule has 3 aromatic heterocycles. The van der Waals surface area contributed by atoms with Gasteiger partial charge in [-0.25, -0.2) is 9.97 Å². The number of nitrogens with two attached hydrogens (primary N) is 2. The molecule has 0 bridgehead atoms. The van der Waals surface area contributed by atoms with Crippen LogP contribution < -0.4 is 16.8 Å². The van der Waals surface area contributed by atoms with Crippen LogP contribution >= 0.6 is 0 Å². The second-order valence-electron chi connectivity index (χ2n) is 7.06. The van der Waals surface area contributed by atoms with Crippen LogP contribution in [-0.4, -0.2) is 27.0 Å². The lowest BCUT2D eigenvalue weighted by Crippen LogP contribution is -2.20. The average molecular weight is 402 g/mol. The largest absolute Gasteiger partial charge is 0.397 e. The minimum absolute atomic E-state index is 0.147. The van der Waals surface area contributed by atoms with E-state index in [1.165, 1.54) is 12.4 Å². The zero-order valence-corrected chi connectivity index (χ0v) is 15.3. The molecule has 5 N–H and O–H groups in total. The van der Waals surface area contributed by atoms with Crippen molar-refractivity contribution in [2.75, 3.05) is 16.8 Å². The summed E-state index contributed by atoms with van der Waals surface area (Å²) in [4.78, 5) is 24.6. The highest BCUT2D eigenvalue weighted by molar-refractivity contribution is 5.98. The molecule has 29 heavy (non-hydrogen) atoms. The number of aromatic nitrogens is 3. The lowest BCUT2D eigenvalue weighted by Gasteiger charge is -2.11. The Morgan fingerprint density at radius 1 is 1.21 bits per heavy atom. The predicted molar refractivity (Wildman–Crippen MR) is 103 cm³/mol. The van der Waals surface area contributed by atoms with Gasteiger partial charge in [0.25, 0.3) is 0 Å². The standard InChI is InChI=1S/C19H17F3N6O/c1-8-11(5-25-7-14(8)23)15-2-9-3-16(26-6-12(9)17(24)27-15)28-18(29)10-4-13(10)19(20,21)22/h2-3,5-7,10,13H,4,23H2,1H3,(H2,24,27)(H,26,28,29)/t10-,13-/m1/s1. The van der Waals surface area contributed by atoms with Gasteiger partial charge in [-0.1, -0.05) is 0 Å². The molecule has 3 aromatic rings. The van der Waals surface area contributed by atoms with E-state index in [9.17, 15) is 18.0 Å². The number of carbonyl (C=O) groups excluding carboxylic acids is 1. The summed E-state index contributed by atoms with van der Waals surface area (Å²) in [5.74, 6) is -2.99. The molecule has 2 atom stereocenters. The third-order valence-corrected chi connectivity index (χ3v) is 5.07. The first-order valence-electron chi connectivity index (χ1n) is 8.79. The maximum Gasteiger partial charge on any atom is 0.392 e. The van der Waals surface area contributed by atoms with Crippen molar-refractivity contribution in [3.63, 3.8) is 0 Å². The highest BCUT2D eigenvalue weighted by Gasteiger charge is 2.58. The second-order valence-corrected chi connectivity index (χ2v) is 7.06. The van der Waals surface area contributed by atoms with Gasteiger partial charge >= 0.3 is 6.18 Å². The minimum atomic E-state index is -4.36. The third-order valence-electron chi connectivity index (χ3n) is 5.07. The number of anilines is 3. The van der Waals surface area contributed by atoms with Crippen LogP contribution in [-0.2, 0) is 4.79 Å². The van der Waals surface area contributed by atoms with Crippen LogP contribution in [0.15, 0.2) is 30.7 Å². The van der Waals surface area contributed by atoms with E-state index in [2.05, 4.69) is 20.3 Å². The first-order chi connectivity index (χ1) is 13.6. The molecule has 0 unspecified atom stereocenters. The highest BCUT2D eigenvalue weighted by atomic mass is 19.4. The molecule has 0 spiro atoms. The van der Waals surface area contributed by atoms with Gasteiger partial charge in [-0.15, -0.1) is 0 Å². The smallest absolute Gasteiger partial charge is 0.392 e. The fraction of sp³-hybridized carbons (Fsp3) is 0.263. The van der Waals surface area contributed by atoms with Crippen molar-refractivity contribution >= 4 is 34.0 Å². The van der Waals surface area contributed by atoms with E-state index in [1.54, 1.807) is 18.3 Å². The number of hydrogen-bond donors (Lipinski definition) is 3. The first kappa shape index (κ1) is 18.9. The number of hydrogen-bond acceptors (Lipinski definition) is 6. The molecule has 4 rings (SSSR count). The van der Waals surface area contributed by atoms with Crippen LogP contribution in [0.5, 0.6) is 0 Å². The van der Waals surface area contributed by atoms with Crippen molar-refractivity contribution in [1.82, 2.24) is 15.0 Å². The van der Waals surface area contributed by atoms with Crippen LogP contribution in [0.2, 0.25) is 0 Å². The number of pyridine rings is 3. The van der Waals surface area contributed by atoms with Gasteiger partial charge in [-0.2, -0.15) is 13.2 Å². The molecule has 150 valence electrons. The van der Waals surface area contributed by atoms with Crippen molar-refractivity contribution in [3.05, 3.63) is 36.3 Å². The summed E-state index contributed by atoms with van der Waals surface area (Å²) in [6.45, 7) is 1.83. The Bertz CT molecular complexity index is 1130. The van der Waals surface area contributed by atoms with Gasteiger partial charge < -0.3 is 16.8 Å². The van der Waals surface area contributed by atoms with E-state index < -0.39 is 23.9 Å². The zero-order chi connectivity index (χ0) is 20.9. The van der Waals surface area contributed by atoms with Crippen LogP contribution in [0.3, 0.4) is 0 Å². The fourth-order valence-electron chi connectivity index (χ4n) is 3.25. The number of alkyl halides is 3. The first-order valence-corrected chi connectivity index (χ1v) is 8.79. The SMILES string of the molecule is Cc1c(N)cncc1-c1cc2cc(NC(=O)[C@@H]3C[C@H]3C(F)(F)F)ncc2c(N)n1. The van der Waals surface area contributed by atoms with Gasteiger partial charge in [0.15, 0.2) is 0 Å². The van der Waals surface area contributed by atoms with Gasteiger partial charge in [0.2, 0.25) is 5.91 Å². The summed E-state index contributed by atoms with van der Waals surface area (Å²) in [5, 5.41) is 3.64. The van der Waals surface area contributed by atoms with Crippen molar-refractivity contribution in [2.24, 2.45) is 11.8 Å².